The van der Waals surface area contributed by atoms with E-state index in [2.05, 4.69) is 27.8 Å². The van der Waals surface area contributed by atoms with Gasteiger partial charge in [-0.2, -0.15) is 10.2 Å². The molecule has 2 aromatic rings. The highest BCUT2D eigenvalue weighted by atomic mass is 16.2. The number of hydrogen-bond donors (Lipinski definition) is 2. The van der Waals surface area contributed by atoms with E-state index in [1.165, 1.54) is 5.56 Å². The van der Waals surface area contributed by atoms with Crippen LogP contribution in [0, 0.1) is 13.8 Å². The summed E-state index contributed by atoms with van der Waals surface area (Å²) in [5.41, 5.74) is 3.86. The van der Waals surface area contributed by atoms with Gasteiger partial charge in [0.1, 0.15) is 5.69 Å². The quantitative estimate of drug-likeness (QED) is 0.862. The van der Waals surface area contributed by atoms with Crippen molar-refractivity contribution in [1.29, 1.82) is 0 Å². The molecule has 25 heavy (non-hydrogen) atoms. The van der Waals surface area contributed by atoms with Gasteiger partial charge in [-0.25, -0.2) is 0 Å². The molecule has 0 aromatic carbocycles. The molecule has 0 saturated carbocycles. The van der Waals surface area contributed by atoms with Crippen molar-refractivity contribution in [2.45, 2.75) is 52.1 Å². The highest BCUT2D eigenvalue weighted by molar-refractivity contribution is 5.92. The maximum Gasteiger partial charge on any atom is 0.271 e. The molecule has 3 heterocycles. The standard InChI is InChI=1S/C18H28N6O/c1-12(10-16-13(2)21-23(4)14(16)3)20-18(25)17-7-9-24(22-17)15-6-5-8-19-11-15/h7,9,12,15,19H,5-6,8,10-11H2,1-4H3,(H,20,25). The highest BCUT2D eigenvalue weighted by Crippen LogP contribution is 2.16. The first-order chi connectivity index (χ1) is 12.0. The third-order valence-corrected chi connectivity index (χ3v) is 5.03. The topological polar surface area (TPSA) is 76.8 Å². The number of carbonyl (C=O) groups is 1. The van der Waals surface area contributed by atoms with Crippen LogP contribution in [0.5, 0.6) is 0 Å². The Morgan fingerprint density at radius 2 is 2.24 bits per heavy atom. The highest BCUT2D eigenvalue weighted by Gasteiger charge is 2.19. The predicted molar refractivity (Wildman–Crippen MR) is 96.7 cm³/mol. The summed E-state index contributed by atoms with van der Waals surface area (Å²) in [5, 5.41) is 15.4. The van der Waals surface area contributed by atoms with E-state index in [-0.39, 0.29) is 11.9 Å². The molecule has 0 spiro atoms. The largest absolute Gasteiger partial charge is 0.348 e. The SMILES string of the molecule is Cc1nn(C)c(C)c1CC(C)NC(=O)c1ccn(C2CCCNC2)n1. The molecule has 1 amide bonds. The lowest BCUT2D eigenvalue weighted by Crippen LogP contribution is -2.35. The zero-order valence-electron chi connectivity index (χ0n) is 15.5. The number of carbonyl (C=O) groups excluding carboxylic acids is 1. The van der Waals surface area contributed by atoms with Crippen LogP contribution in [0.4, 0.5) is 0 Å². The Labute approximate surface area is 148 Å². The van der Waals surface area contributed by atoms with Gasteiger partial charge in [0.2, 0.25) is 0 Å². The number of rotatable bonds is 5. The number of amides is 1. The second-order valence-corrected chi connectivity index (χ2v) is 7.03. The number of piperidine rings is 1. The number of hydrogen-bond acceptors (Lipinski definition) is 4. The van der Waals surface area contributed by atoms with Crippen molar-refractivity contribution in [2.24, 2.45) is 7.05 Å². The first kappa shape index (κ1) is 17.7. The molecule has 2 atom stereocenters. The Morgan fingerprint density at radius 3 is 2.88 bits per heavy atom. The van der Waals surface area contributed by atoms with Crippen LogP contribution >= 0.6 is 0 Å². The van der Waals surface area contributed by atoms with Gasteiger partial charge in [-0.05, 0) is 58.2 Å². The first-order valence-corrected chi connectivity index (χ1v) is 9.01. The van der Waals surface area contributed by atoms with E-state index in [4.69, 9.17) is 0 Å². The smallest absolute Gasteiger partial charge is 0.271 e. The molecule has 3 rings (SSSR count). The summed E-state index contributed by atoms with van der Waals surface area (Å²) in [4.78, 5) is 12.5. The molecule has 1 saturated heterocycles. The van der Waals surface area contributed by atoms with Crippen molar-refractivity contribution in [1.82, 2.24) is 30.2 Å². The van der Waals surface area contributed by atoms with Crippen LogP contribution in [-0.2, 0) is 13.5 Å². The summed E-state index contributed by atoms with van der Waals surface area (Å²) in [5.74, 6) is -0.116. The van der Waals surface area contributed by atoms with Crippen molar-refractivity contribution in [3.05, 3.63) is 34.9 Å². The van der Waals surface area contributed by atoms with Crippen molar-refractivity contribution < 1.29 is 4.79 Å². The van der Waals surface area contributed by atoms with E-state index in [1.807, 2.05) is 36.5 Å². The second kappa shape index (κ2) is 7.39. The third-order valence-electron chi connectivity index (χ3n) is 5.03. The van der Waals surface area contributed by atoms with Gasteiger partial charge in [-0.15, -0.1) is 0 Å². The molecule has 2 N–H and O–H groups in total. The van der Waals surface area contributed by atoms with Crippen LogP contribution in [0.1, 0.15) is 53.2 Å². The molecule has 7 nitrogen and oxygen atoms in total. The summed E-state index contributed by atoms with van der Waals surface area (Å²) in [6.07, 6.45) is 4.93. The van der Waals surface area contributed by atoms with Gasteiger partial charge >= 0.3 is 0 Å². The molecule has 1 aliphatic rings. The summed E-state index contributed by atoms with van der Waals surface area (Å²) >= 11 is 0. The maximum absolute atomic E-state index is 12.5. The van der Waals surface area contributed by atoms with Gasteiger partial charge in [0.15, 0.2) is 0 Å². The lowest BCUT2D eigenvalue weighted by Gasteiger charge is -2.22. The molecule has 0 aliphatic carbocycles. The van der Waals surface area contributed by atoms with Crippen LogP contribution in [-0.4, -0.2) is 44.6 Å². The Kier molecular flexibility index (Phi) is 5.22. The van der Waals surface area contributed by atoms with Gasteiger partial charge < -0.3 is 10.6 Å². The molecule has 0 bridgehead atoms. The average Bonchev–Trinajstić information content (AvgIpc) is 3.17. The second-order valence-electron chi connectivity index (χ2n) is 7.03. The van der Waals surface area contributed by atoms with Crippen LogP contribution in [0.2, 0.25) is 0 Å². The summed E-state index contributed by atoms with van der Waals surface area (Å²) < 4.78 is 3.81. The Hall–Kier alpha value is -2.15. The normalized spacial score (nSPS) is 19.0. The predicted octanol–water partition coefficient (Wildman–Crippen LogP) is 1.52. The molecule has 2 unspecified atom stereocenters. The van der Waals surface area contributed by atoms with Crippen LogP contribution < -0.4 is 10.6 Å². The molecule has 136 valence electrons. The van der Waals surface area contributed by atoms with Crippen molar-refractivity contribution in [3.63, 3.8) is 0 Å². The van der Waals surface area contributed by atoms with E-state index >= 15 is 0 Å². The van der Waals surface area contributed by atoms with Gasteiger partial charge in [-0.1, -0.05) is 0 Å². The Morgan fingerprint density at radius 1 is 1.44 bits per heavy atom. The van der Waals surface area contributed by atoms with Crippen molar-refractivity contribution in [2.75, 3.05) is 13.1 Å². The fourth-order valence-corrected chi connectivity index (χ4v) is 3.49. The monoisotopic (exact) mass is 344 g/mol. The van der Waals surface area contributed by atoms with Crippen molar-refractivity contribution >= 4 is 5.91 Å². The number of nitrogens with one attached hydrogen (secondary N) is 2. The van der Waals surface area contributed by atoms with E-state index in [9.17, 15) is 4.79 Å². The number of aromatic nitrogens is 4. The van der Waals surface area contributed by atoms with E-state index in [0.717, 1.165) is 43.7 Å². The lowest BCUT2D eigenvalue weighted by molar-refractivity contribution is 0.0933. The molecular formula is C18H28N6O. The zero-order valence-corrected chi connectivity index (χ0v) is 15.5. The minimum Gasteiger partial charge on any atom is -0.348 e. The van der Waals surface area contributed by atoms with Gasteiger partial charge in [-0.3, -0.25) is 14.2 Å². The van der Waals surface area contributed by atoms with Gasteiger partial charge in [0.05, 0.1) is 11.7 Å². The average molecular weight is 344 g/mol. The van der Waals surface area contributed by atoms with Crippen LogP contribution in [0.15, 0.2) is 12.3 Å². The Bertz CT molecular complexity index is 741. The van der Waals surface area contributed by atoms with E-state index in [1.54, 1.807) is 6.07 Å². The molecule has 2 aromatic heterocycles. The maximum atomic E-state index is 12.5. The van der Waals surface area contributed by atoms with Crippen LogP contribution in [0.25, 0.3) is 0 Å². The number of nitrogens with zero attached hydrogens (tertiary/aromatic N) is 4. The molecule has 1 aliphatic heterocycles. The summed E-state index contributed by atoms with van der Waals surface area (Å²) in [6, 6.07) is 2.17. The van der Waals surface area contributed by atoms with E-state index in [0.29, 0.717) is 11.7 Å². The van der Waals surface area contributed by atoms with Crippen LogP contribution in [0.3, 0.4) is 0 Å². The van der Waals surface area contributed by atoms with E-state index < -0.39 is 0 Å². The number of aryl methyl sites for hydroxylation is 2. The molecule has 1 fully saturated rings. The zero-order chi connectivity index (χ0) is 18.0. The third kappa shape index (κ3) is 3.92. The minimum atomic E-state index is -0.116. The lowest BCUT2D eigenvalue weighted by atomic mass is 10.1. The first-order valence-electron chi connectivity index (χ1n) is 9.01. The molecular weight excluding hydrogens is 316 g/mol. The van der Waals surface area contributed by atoms with Gasteiger partial charge in [0, 0.05) is 31.5 Å². The van der Waals surface area contributed by atoms with Crippen molar-refractivity contribution in [3.8, 4) is 0 Å². The fourth-order valence-electron chi connectivity index (χ4n) is 3.49. The van der Waals surface area contributed by atoms with Gasteiger partial charge in [0.25, 0.3) is 5.91 Å². The molecule has 0 radical (unpaired) electrons. The minimum absolute atomic E-state index is 0.0237. The fraction of sp³-hybridized carbons (Fsp3) is 0.611. The summed E-state index contributed by atoms with van der Waals surface area (Å²) in [7, 11) is 1.95. The Balaban J connectivity index is 1.60. The summed E-state index contributed by atoms with van der Waals surface area (Å²) in [6.45, 7) is 8.07. The molecule has 7 heteroatoms.